The van der Waals surface area contributed by atoms with Crippen LogP contribution in [0.1, 0.15) is 30.9 Å². The van der Waals surface area contributed by atoms with E-state index in [1.165, 1.54) is 0 Å². The second-order valence-corrected chi connectivity index (χ2v) is 4.32. The zero-order chi connectivity index (χ0) is 14.1. The zero-order valence-electron chi connectivity index (χ0n) is 11.9. The molecule has 0 spiro atoms. The summed E-state index contributed by atoms with van der Waals surface area (Å²) >= 11 is 0. The molecular formula is C14H24N2O3. The Morgan fingerprint density at radius 2 is 1.84 bits per heavy atom. The maximum Gasteiger partial charge on any atom is 0.161 e. The molecule has 0 bridgehead atoms. The number of nitrogens with two attached hydrogens (primary N) is 1. The van der Waals surface area contributed by atoms with Gasteiger partial charge < -0.3 is 14.2 Å². The molecule has 0 heterocycles. The fraction of sp³-hybridized carbons (Fsp3) is 0.571. The van der Waals surface area contributed by atoms with E-state index in [0.29, 0.717) is 0 Å². The largest absolute Gasteiger partial charge is 0.493 e. The van der Waals surface area contributed by atoms with Crippen molar-refractivity contribution in [2.24, 2.45) is 5.84 Å². The lowest BCUT2D eigenvalue weighted by Gasteiger charge is -2.18. The summed E-state index contributed by atoms with van der Waals surface area (Å²) in [6, 6.07) is 5.96. The van der Waals surface area contributed by atoms with E-state index in [4.69, 9.17) is 20.1 Å². The predicted octanol–water partition coefficient (Wildman–Crippen LogP) is 2.02. The Labute approximate surface area is 115 Å². The van der Waals surface area contributed by atoms with Gasteiger partial charge in [0.05, 0.1) is 14.2 Å². The number of nitrogens with one attached hydrogen (secondary N) is 1. The van der Waals surface area contributed by atoms with Crippen LogP contribution in [0.25, 0.3) is 0 Å². The second kappa shape index (κ2) is 8.74. The van der Waals surface area contributed by atoms with Crippen LogP contribution in [-0.2, 0) is 4.74 Å². The molecule has 0 radical (unpaired) electrons. The quantitative estimate of drug-likeness (QED) is 0.407. The number of benzene rings is 1. The zero-order valence-corrected chi connectivity index (χ0v) is 11.9. The number of rotatable bonds is 9. The van der Waals surface area contributed by atoms with Crippen LogP contribution < -0.4 is 20.7 Å². The summed E-state index contributed by atoms with van der Waals surface area (Å²) < 4.78 is 15.6. The third-order valence-electron chi connectivity index (χ3n) is 3.10. The second-order valence-electron chi connectivity index (χ2n) is 4.32. The summed E-state index contributed by atoms with van der Waals surface area (Å²) in [5.41, 5.74) is 3.94. The number of unbranched alkanes of at least 4 members (excludes halogenated alkanes) is 1. The van der Waals surface area contributed by atoms with Gasteiger partial charge in [-0.1, -0.05) is 6.07 Å². The normalized spacial score (nSPS) is 12.2. The molecule has 0 aromatic heterocycles. The van der Waals surface area contributed by atoms with Crippen molar-refractivity contribution in [1.82, 2.24) is 5.43 Å². The molecule has 5 nitrogen and oxygen atoms in total. The topological polar surface area (TPSA) is 65.7 Å². The Morgan fingerprint density at radius 3 is 2.42 bits per heavy atom. The Kier molecular flexibility index (Phi) is 7.25. The molecule has 3 N–H and O–H groups in total. The van der Waals surface area contributed by atoms with Gasteiger partial charge in [-0.3, -0.25) is 11.3 Å². The van der Waals surface area contributed by atoms with Crippen molar-refractivity contribution in [2.75, 3.05) is 27.9 Å². The van der Waals surface area contributed by atoms with Gasteiger partial charge in [0.2, 0.25) is 0 Å². The van der Waals surface area contributed by atoms with E-state index in [0.717, 1.165) is 42.9 Å². The third-order valence-corrected chi connectivity index (χ3v) is 3.10. The van der Waals surface area contributed by atoms with Crippen LogP contribution in [0.5, 0.6) is 11.5 Å². The lowest BCUT2D eigenvalue weighted by Crippen LogP contribution is -2.28. The number of hydrogen-bond acceptors (Lipinski definition) is 5. The van der Waals surface area contributed by atoms with E-state index >= 15 is 0 Å². The van der Waals surface area contributed by atoms with Crippen molar-refractivity contribution in [3.8, 4) is 11.5 Å². The highest BCUT2D eigenvalue weighted by Crippen LogP contribution is 2.31. The summed E-state index contributed by atoms with van der Waals surface area (Å²) in [5.74, 6) is 7.07. The lowest BCUT2D eigenvalue weighted by atomic mass is 10.0. The fourth-order valence-corrected chi connectivity index (χ4v) is 2.01. The molecular weight excluding hydrogens is 244 g/mol. The van der Waals surface area contributed by atoms with Crippen LogP contribution in [0.3, 0.4) is 0 Å². The molecule has 1 atom stereocenters. The third kappa shape index (κ3) is 4.70. The van der Waals surface area contributed by atoms with Crippen LogP contribution >= 0.6 is 0 Å². The summed E-state index contributed by atoms with van der Waals surface area (Å²) in [6.07, 6.45) is 3.04. The van der Waals surface area contributed by atoms with Gasteiger partial charge in [-0.05, 0) is 37.0 Å². The Balaban J connectivity index is 2.69. The molecule has 0 aliphatic rings. The van der Waals surface area contributed by atoms with E-state index in [-0.39, 0.29) is 6.04 Å². The van der Waals surface area contributed by atoms with Crippen molar-refractivity contribution < 1.29 is 14.2 Å². The van der Waals surface area contributed by atoms with Crippen molar-refractivity contribution in [1.29, 1.82) is 0 Å². The first-order chi connectivity index (χ1) is 9.26. The maximum atomic E-state index is 5.63. The van der Waals surface area contributed by atoms with Gasteiger partial charge >= 0.3 is 0 Å². The standard InChI is InChI=1S/C14H24N2O3/c1-17-9-5-4-6-12(16-15)11-7-8-13(18-2)14(10-11)19-3/h7-8,10,12,16H,4-6,9,15H2,1-3H3. The number of hydrogen-bond donors (Lipinski definition) is 2. The van der Waals surface area contributed by atoms with E-state index in [2.05, 4.69) is 5.43 Å². The van der Waals surface area contributed by atoms with Gasteiger partial charge in [-0.15, -0.1) is 0 Å². The molecule has 1 aromatic carbocycles. The number of hydrazine groups is 1. The lowest BCUT2D eigenvalue weighted by molar-refractivity contribution is 0.191. The molecule has 108 valence electrons. The number of methoxy groups -OCH3 is 3. The van der Waals surface area contributed by atoms with Crippen molar-refractivity contribution in [2.45, 2.75) is 25.3 Å². The highest BCUT2D eigenvalue weighted by Gasteiger charge is 2.12. The van der Waals surface area contributed by atoms with Gasteiger partial charge in [0.1, 0.15) is 0 Å². The SMILES string of the molecule is COCCCCC(NN)c1ccc(OC)c(OC)c1. The molecule has 0 aliphatic carbocycles. The first kappa shape index (κ1) is 15.8. The highest BCUT2D eigenvalue weighted by molar-refractivity contribution is 5.43. The van der Waals surface area contributed by atoms with E-state index in [1.807, 2.05) is 18.2 Å². The molecule has 1 rings (SSSR count). The van der Waals surface area contributed by atoms with E-state index in [1.54, 1.807) is 21.3 Å². The molecule has 0 fully saturated rings. The van der Waals surface area contributed by atoms with Crippen molar-refractivity contribution in [3.05, 3.63) is 23.8 Å². The van der Waals surface area contributed by atoms with E-state index in [9.17, 15) is 0 Å². The minimum atomic E-state index is 0.108. The van der Waals surface area contributed by atoms with Crippen LogP contribution in [-0.4, -0.2) is 27.9 Å². The minimum absolute atomic E-state index is 0.108. The summed E-state index contributed by atoms with van der Waals surface area (Å²) in [4.78, 5) is 0. The van der Waals surface area contributed by atoms with Crippen LogP contribution in [0.4, 0.5) is 0 Å². The molecule has 5 heteroatoms. The molecule has 1 unspecified atom stereocenters. The van der Waals surface area contributed by atoms with Gasteiger partial charge in [0.25, 0.3) is 0 Å². The Morgan fingerprint density at radius 1 is 1.11 bits per heavy atom. The minimum Gasteiger partial charge on any atom is -0.493 e. The summed E-state index contributed by atoms with van der Waals surface area (Å²) in [6.45, 7) is 0.781. The van der Waals surface area contributed by atoms with Crippen LogP contribution in [0.15, 0.2) is 18.2 Å². The van der Waals surface area contributed by atoms with Gasteiger partial charge in [-0.2, -0.15) is 0 Å². The van der Waals surface area contributed by atoms with Crippen LogP contribution in [0, 0.1) is 0 Å². The average molecular weight is 268 g/mol. The molecule has 0 saturated heterocycles. The molecule has 1 aromatic rings. The molecule has 0 saturated carbocycles. The summed E-state index contributed by atoms with van der Waals surface area (Å²) in [7, 11) is 4.97. The first-order valence-corrected chi connectivity index (χ1v) is 6.43. The van der Waals surface area contributed by atoms with Gasteiger partial charge in [0, 0.05) is 19.8 Å². The van der Waals surface area contributed by atoms with Crippen molar-refractivity contribution in [3.63, 3.8) is 0 Å². The van der Waals surface area contributed by atoms with Crippen molar-refractivity contribution >= 4 is 0 Å². The van der Waals surface area contributed by atoms with Crippen LogP contribution in [0.2, 0.25) is 0 Å². The van der Waals surface area contributed by atoms with Gasteiger partial charge in [-0.25, -0.2) is 0 Å². The smallest absolute Gasteiger partial charge is 0.161 e. The predicted molar refractivity (Wildman–Crippen MR) is 75.3 cm³/mol. The number of ether oxygens (including phenoxy) is 3. The maximum absolute atomic E-state index is 5.63. The Hall–Kier alpha value is -1.30. The molecule has 0 aliphatic heterocycles. The molecule has 0 amide bonds. The highest BCUT2D eigenvalue weighted by atomic mass is 16.5. The van der Waals surface area contributed by atoms with E-state index < -0.39 is 0 Å². The summed E-state index contributed by atoms with van der Waals surface area (Å²) in [5, 5.41) is 0. The first-order valence-electron chi connectivity index (χ1n) is 6.43. The average Bonchev–Trinajstić information content (AvgIpc) is 2.46. The van der Waals surface area contributed by atoms with Gasteiger partial charge in [0.15, 0.2) is 11.5 Å². The Bertz CT molecular complexity index is 372. The monoisotopic (exact) mass is 268 g/mol. The fourth-order valence-electron chi connectivity index (χ4n) is 2.01. The molecule has 19 heavy (non-hydrogen) atoms.